The summed E-state index contributed by atoms with van der Waals surface area (Å²) >= 11 is 7.88. The second kappa shape index (κ2) is 8.57. The average Bonchev–Trinajstić information content (AvgIpc) is 3.38. The summed E-state index contributed by atoms with van der Waals surface area (Å²) < 4.78 is 12.8. The highest BCUT2D eigenvalue weighted by molar-refractivity contribution is 8.00. The number of hydrogen-bond donors (Lipinski definition) is 1. The van der Waals surface area contributed by atoms with Crippen molar-refractivity contribution in [1.82, 2.24) is 4.57 Å². The Bertz CT molecular complexity index is 1270. The molecule has 1 aliphatic heterocycles. The molecular formula is C24H19ClN2O3S. The zero-order valence-electron chi connectivity index (χ0n) is 16.5. The lowest BCUT2D eigenvalue weighted by Crippen LogP contribution is -2.13. The molecule has 31 heavy (non-hydrogen) atoms. The van der Waals surface area contributed by atoms with E-state index < -0.39 is 0 Å². The number of halogens is 1. The smallest absolute Gasteiger partial charge is 0.234 e. The summed E-state index contributed by atoms with van der Waals surface area (Å²) in [5, 5.41) is 4.79. The van der Waals surface area contributed by atoms with E-state index in [0.717, 1.165) is 26.4 Å². The first-order chi connectivity index (χ1) is 15.2. The molecule has 0 radical (unpaired) electrons. The van der Waals surface area contributed by atoms with Crippen molar-refractivity contribution in [3.8, 4) is 11.5 Å². The summed E-state index contributed by atoms with van der Waals surface area (Å²) in [5.74, 6) is 1.56. The number of rotatable bonds is 6. The second-order valence-electron chi connectivity index (χ2n) is 7.13. The zero-order valence-corrected chi connectivity index (χ0v) is 18.1. The largest absolute Gasteiger partial charge is 0.454 e. The Balaban J connectivity index is 1.31. The fraction of sp³-hybridized carbons (Fsp3) is 0.125. The summed E-state index contributed by atoms with van der Waals surface area (Å²) in [5.41, 5.74) is 2.86. The molecule has 5 rings (SSSR count). The van der Waals surface area contributed by atoms with Crippen LogP contribution in [0.5, 0.6) is 11.5 Å². The Hall–Kier alpha value is -3.09. The highest BCUT2D eigenvalue weighted by Gasteiger charge is 2.15. The van der Waals surface area contributed by atoms with Gasteiger partial charge in [-0.15, -0.1) is 11.8 Å². The normalized spacial score (nSPS) is 12.3. The lowest BCUT2D eigenvalue weighted by molar-refractivity contribution is -0.113. The van der Waals surface area contributed by atoms with E-state index in [0.29, 0.717) is 29.5 Å². The molecule has 0 aliphatic carbocycles. The van der Waals surface area contributed by atoms with Gasteiger partial charge >= 0.3 is 0 Å². The highest BCUT2D eigenvalue weighted by Crippen LogP contribution is 2.35. The van der Waals surface area contributed by atoms with Crippen molar-refractivity contribution in [1.29, 1.82) is 0 Å². The monoisotopic (exact) mass is 450 g/mol. The number of fused-ring (bicyclic) bond motifs is 2. The summed E-state index contributed by atoms with van der Waals surface area (Å²) in [6.45, 7) is 0.880. The van der Waals surface area contributed by atoms with Gasteiger partial charge in [-0.3, -0.25) is 4.79 Å². The third-order valence-corrected chi connectivity index (χ3v) is 6.48. The first-order valence-electron chi connectivity index (χ1n) is 9.81. The lowest BCUT2D eigenvalue weighted by Gasteiger charge is -2.07. The second-order valence-corrected chi connectivity index (χ2v) is 8.56. The molecule has 5 nitrogen and oxygen atoms in total. The fourth-order valence-corrected chi connectivity index (χ4v) is 4.67. The van der Waals surface area contributed by atoms with Crippen molar-refractivity contribution in [3.05, 3.63) is 83.5 Å². The molecule has 0 atom stereocenters. The molecule has 0 saturated heterocycles. The number of amides is 1. The summed E-state index contributed by atoms with van der Waals surface area (Å²) in [6.07, 6.45) is 2.09. The number of anilines is 1. The zero-order chi connectivity index (χ0) is 21.2. The first kappa shape index (κ1) is 19.8. The quantitative estimate of drug-likeness (QED) is 0.377. The molecule has 1 amide bonds. The van der Waals surface area contributed by atoms with Crippen molar-refractivity contribution in [2.24, 2.45) is 0 Å². The predicted molar refractivity (Wildman–Crippen MR) is 124 cm³/mol. The molecule has 156 valence electrons. The van der Waals surface area contributed by atoms with Crippen LogP contribution >= 0.6 is 23.4 Å². The van der Waals surface area contributed by atoms with Gasteiger partial charge in [-0.25, -0.2) is 0 Å². The third-order valence-electron chi connectivity index (χ3n) is 5.07. The summed E-state index contributed by atoms with van der Waals surface area (Å²) in [4.78, 5) is 13.6. The maximum absolute atomic E-state index is 12.5. The third kappa shape index (κ3) is 4.22. The van der Waals surface area contributed by atoms with Crippen LogP contribution in [-0.2, 0) is 11.3 Å². The number of thioether (sulfide) groups is 1. The molecule has 1 aromatic heterocycles. The fourth-order valence-electron chi connectivity index (χ4n) is 3.58. The number of ether oxygens (including phenoxy) is 2. The van der Waals surface area contributed by atoms with Gasteiger partial charge in [-0.2, -0.15) is 0 Å². The van der Waals surface area contributed by atoms with Gasteiger partial charge in [0.2, 0.25) is 12.7 Å². The summed E-state index contributed by atoms with van der Waals surface area (Å²) in [6, 6.07) is 21.4. The van der Waals surface area contributed by atoms with E-state index in [1.54, 1.807) is 12.1 Å². The number of aromatic nitrogens is 1. The molecule has 2 heterocycles. The van der Waals surface area contributed by atoms with Gasteiger partial charge in [0.05, 0.1) is 5.75 Å². The number of carbonyl (C=O) groups is 1. The Morgan fingerprint density at radius 2 is 1.84 bits per heavy atom. The van der Waals surface area contributed by atoms with E-state index in [2.05, 4.69) is 28.2 Å². The Morgan fingerprint density at radius 1 is 1.03 bits per heavy atom. The maximum Gasteiger partial charge on any atom is 0.234 e. The maximum atomic E-state index is 12.5. The standard InChI is InChI=1S/C24H19ClN2O3S/c25-19-7-3-1-5-16(19)12-27-13-23(18-6-2-4-8-20(18)27)31-14-24(28)26-17-9-10-21-22(11-17)30-15-29-21/h1-11,13H,12,14-15H2,(H,26,28). The molecule has 4 aromatic rings. The lowest BCUT2D eigenvalue weighted by atomic mass is 10.2. The molecule has 7 heteroatoms. The van der Waals surface area contributed by atoms with Gasteiger partial charge in [-0.05, 0) is 29.8 Å². The van der Waals surface area contributed by atoms with Crippen molar-refractivity contribution < 1.29 is 14.3 Å². The van der Waals surface area contributed by atoms with Crippen LogP contribution in [0, 0.1) is 0 Å². The Kier molecular flexibility index (Phi) is 5.49. The number of nitrogens with one attached hydrogen (secondary N) is 1. The molecule has 0 bridgehead atoms. The molecular weight excluding hydrogens is 432 g/mol. The predicted octanol–water partition coefficient (Wildman–Crippen LogP) is 5.80. The molecule has 1 aliphatic rings. The van der Waals surface area contributed by atoms with E-state index in [1.165, 1.54) is 11.8 Å². The number of para-hydroxylation sites is 1. The number of carbonyl (C=O) groups excluding carboxylic acids is 1. The topological polar surface area (TPSA) is 52.5 Å². The van der Waals surface area contributed by atoms with Gasteiger partial charge in [0.25, 0.3) is 0 Å². The van der Waals surface area contributed by atoms with Crippen molar-refractivity contribution >= 4 is 45.9 Å². The average molecular weight is 451 g/mol. The van der Waals surface area contributed by atoms with Crippen LogP contribution in [0.3, 0.4) is 0 Å². The van der Waals surface area contributed by atoms with Crippen molar-refractivity contribution in [2.45, 2.75) is 11.4 Å². The van der Waals surface area contributed by atoms with Crippen molar-refractivity contribution in [3.63, 3.8) is 0 Å². The minimum absolute atomic E-state index is 0.0770. The molecule has 1 N–H and O–H groups in total. The van der Waals surface area contributed by atoms with Gasteiger partial charge in [0.15, 0.2) is 11.5 Å². The Morgan fingerprint density at radius 3 is 2.74 bits per heavy atom. The number of benzene rings is 3. The van der Waals surface area contributed by atoms with Gasteiger partial charge in [0.1, 0.15) is 0 Å². The Labute approximate surface area is 188 Å². The van der Waals surface area contributed by atoms with Crippen LogP contribution in [0.4, 0.5) is 5.69 Å². The molecule has 0 spiro atoms. The van der Waals surface area contributed by atoms with Crippen LogP contribution in [0.15, 0.2) is 77.8 Å². The van der Waals surface area contributed by atoms with Crippen LogP contribution < -0.4 is 14.8 Å². The molecule has 3 aromatic carbocycles. The van der Waals surface area contributed by atoms with Gasteiger partial charge < -0.3 is 19.4 Å². The van der Waals surface area contributed by atoms with E-state index in [-0.39, 0.29) is 12.7 Å². The van der Waals surface area contributed by atoms with Gasteiger partial charge in [-0.1, -0.05) is 48.0 Å². The van der Waals surface area contributed by atoms with E-state index in [1.807, 2.05) is 42.5 Å². The molecule has 0 fully saturated rings. The van der Waals surface area contributed by atoms with Gasteiger partial charge in [0, 0.05) is 45.3 Å². The minimum atomic E-state index is -0.0770. The number of hydrogen-bond acceptors (Lipinski definition) is 4. The van der Waals surface area contributed by atoms with Crippen LogP contribution in [-0.4, -0.2) is 23.0 Å². The highest BCUT2D eigenvalue weighted by atomic mass is 35.5. The minimum Gasteiger partial charge on any atom is -0.454 e. The molecule has 0 unspecified atom stereocenters. The van der Waals surface area contributed by atoms with E-state index in [4.69, 9.17) is 21.1 Å². The van der Waals surface area contributed by atoms with Crippen LogP contribution in [0.2, 0.25) is 5.02 Å². The van der Waals surface area contributed by atoms with E-state index in [9.17, 15) is 4.79 Å². The van der Waals surface area contributed by atoms with E-state index >= 15 is 0 Å². The van der Waals surface area contributed by atoms with Crippen molar-refractivity contribution in [2.75, 3.05) is 17.9 Å². The first-order valence-corrected chi connectivity index (χ1v) is 11.2. The number of nitrogens with zero attached hydrogens (tertiary/aromatic N) is 1. The summed E-state index contributed by atoms with van der Waals surface area (Å²) in [7, 11) is 0. The van der Waals surface area contributed by atoms with Crippen LogP contribution in [0.25, 0.3) is 10.9 Å². The SMILES string of the molecule is O=C(CSc1cn(Cc2ccccc2Cl)c2ccccc12)Nc1ccc2c(c1)OCO2. The van der Waals surface area contributed by atoms with Crippen LogP contribution in [0.1, 0.15) is 5.56 Å². The molecule has 0 saturated carbocycles.